The zero-order valence-corrected chi connectivity index (χ0v) is 18.4. The summed E-state index contributed by atoms with van der Waals surface area (Å²) < 4.78 is 1.86. The molecule has 0 aliphatic heterocycles. The molecule has 0 radical (unpaired) electrons. The third-order valence-electron chi connectivity index (χ3n) is 4.38. The van der Waals surface area contributed by atoms with Gasteiger partial charge in [0, 0.05) is 10.0 Å². The Morgan fingerprint density at radius 1 is 1.03 bits per heavy atom. The topological polar surface area (TPSA) is 45.6 Å². The highest BCUT2D eigenvalue weighted by Gasteiger charge is 2.21. The number of hydrogen-bond donors (Lipinski definition) is 0. The smallest absolute Gasteiger partial charge is 0.267 e. The van der Waals surface area contributed by atoms with Crippen molar-refractivity contribution < 1.29 is 4.79 Å². The number of aryl methyl sites for hydroxylation is 2. The van der Waals surface area contributed by atoms with Gasteiger partial charge < -0.3 is 0 Å². The van der Waals surface area contributed by atoms with Gasteiger partial charge >= 0.3 is 0 Å². The molecule has 1 aromatic heterocycles. The fraction of sp³-hybridized carbons (Fsp3) is 0.0870. The number of fused-ring (bicyclic) bond motifs is 1. The molecule has 0 bridgehead atoms. The summed E-state index contributed by atoms with van der Waals surface area (Å²) in [6.07, 6.45) is 1.69. The predicted molar refractivity (Wildman–Crippen MR) is 124 cm³/mol. The number of benzene rings is 3. The first-order chi connectivity index (χ1) is 14.0. The van der Waals surface area contributed by atoms with Crippen LogP contribution in [0.25, 0.3) is 10.2 Å². The monoisotopic (exact) mass is 463 g/mol. The van der Waals surface area contributed by atoms with Crippen molar-refractivity contribution >= 4 is 54.7 Å². The maximum absolute atomic E-state index is 13.3. The van der Waals surface area contributed by atoms with Crippen molar-refractivity contribution in [3.8, 4) is 0 Å². The van der Waals surface area contributed by atoms with Crippen LogP contribution in [0.3, 0.4) is 0 Å². The molecular weight excluding hydrogens is 446 g/mol. The van der Waals surface area contributed by atoms with Gasteiger partial charge in [-0.2, -0.15) is 10.1 Å². The number of carbonyl (C=O) groups is 1. The number of hydrogen-bond acceptors (Lipinski definition) is 4. The summed E-state index contributed by atoms with van der Waals surface area (Å²) >= 11 is 4.89. The maximum Gasteiger partial charge on any atom is 0.280 e. The number of thiazole rings is 1. The molecule has 3 aromatic carbocycles. The van der Waals surface area contributed by atoms with E-state index in [0.717, 1.165) is 25.8 Å². The minimum absolute atomic E-state index is 0.231. The van der Waals surface area contributed by atoms with Crippen LogP contribution in [0, 0.1) is 13.8 Å². The Balaban J connectivity index is 1.76. The Labute approximate surface area is 181 Å². The van der Waals surface area contributed by atoms with Crippen LogP contribution >= 0.6 is 27.3 Å². The van der Waals surface area contributed by atoms with Crippen molar-refractivity contribution in [2.24, 2.45) is 5.10 Å². The van der Waals surface area contributed by atoms with Crippen LogP contribution in [-0.2, 0) is 0 Å². The lowest BCUT2D eigenvalue weighted by atomic mass is 10.2. The van der Waals surface area contributed by atoms with E-state index in [9.17, 15) is 4.79 Å². The van der Waals surface area contributed by atoms with Crippen LogP contribution in [0.1, 0.15) is 27.0 Å². The van der Waals surface area contributed by atoms with Crippen molar-refractivity contribution in [1.82, 2.24) is 4.98 Å². The molecule has 0 aliphatic rings. The first-order valence-electron chi connectivity index (χ1n) is 9.07. The van der Waals surface area contributed by atoms with Gasteiger partial charge in [-0.1, -0.05) is 69.2 Å². The van der Waals surface area contributed by atoms with Gasteiger partial charge in [0.05, 0.1) is 16.4 Å². The van der Waals surface area contributed by atoms with Gasteiger partial charge in [0.1, 0.15) is 0 Å². The standard InChI is InChI=1S/C23H18BrN3OS/c1-15-6-9-17(10-7-15)14-25-27(22(28)18-4-3-5-19(24)13-18)23-26-20-11-8-16(2)12-21(20)29-23/h3-14H,1-2H3/b25-14+. The van der Waals surface area contributed by atoms with Gasteiger partial charge in [0.25, 0.3) is 5.91 Å². The third-order valence-corrected chi connectivity index (χ3v) is 5.86. The van der Waals surface area contributed by atoms with Crippen LogP contribution in [0.2, 0.25) is 0 Å². The van der Waals surface area contributed by atoms with Gasteiger partial charge in [-0.15, -0.1) is 0 Å². The Morgan fingerprint density at radius 3 is 2.55 bits per heavy atom. The average Bonchev–Trinajstić information content (AvgIpc) is 3.12. The van der Waals surface area contributed by atoms with Gasteiger partial charge in [0.15, 0.2) is 0 Å². The number of rotatable bonds is 4. The normalized spacial score (nSPS) is 11.3. The van der Waals surface area contributed by atoms with E-state index >= 15 is 0 Å². The molecule has 4 nitrogen and oxygen atoms in total. The molecule has 1 amide bonds. The molecule has 0 saturated heterocycles. The van der Waals surface area contributed by atoms with Crippen molar-refractivity contribution in [3.63, 3.8) is 0 Å². The fourth-order valence-corrected chi connectivity index (χ4v) is 4.24. The summed E-state index contributed by atoms with van der Waals surface area (Å²) in [7, 11) is 0. The number of nitrogens with zero attached hydrogens (tertiary/aromatic N) is 3. The maximum atomic E-state index is 13.3. The second-order valence-electron chi connectivity index (χ2n) is 6.75. The lowest BCUT2D eigenvalue weighted by Crippen LogP contribution is -2.25. The van der Waals surface area contributed by atoms with E-state index < -0.39 is 0 Å². The summed E-state index contributed by atoms with van der Waals surface area (Å²) in [5.74, 6) is -0.231. The summed E-state index contributed by atoms with van der Waals surface area (Å²) in [6.45, 7) is 4.08. The third kappa shape index (κ3) is 4.44. The second-order valence-corrected chi connectivity index (χ2v) is 8.67. The molecular formula is C23H18BrN3OS. The molecule has 0 spiro atoms. The van der Waals surface area contributed by atoms with Crippen molar-refractivity contribution in [1.29, 1.82) is 0 Å². The predicted octanol–water partition coefficient (Wildman–Crippen LogP) is 6.36. The van der Waals surface area contributed by atoms with E-state index in [1.54, 1.807) is 18.3 Å². The number of halogens is 1. The number of anilines is 1. The van der Waals surface area contributed by atoms with Crippen LogP contribution in [-0.4, -0.2) is 17.1 Å². The van der Waals surface area contributed by atoms with Gasteiger partial charge in [0.2, 0.25) is 5.13 Å². The van der Waals surface area contributed by atoms with Crippen LogP contribution < -0.4 is 5.01 Å². The summed E-state index contributed by atoms with van der Waals surface area (Å²) in [6, 6.07) is 21.3. The first kappa shape index (κ1) is 19.5. The van der Waals surface area contributed by atoms with E-state index in [-0.39, 0.29) is 5.91 Å². The quantitative estimate of drug-likeness (QED) is 0.261. The lowest BCUT2D eigenvalue weighted by Gasteiger charge is -2.14. The van der Waals surface area contributed by atoms with E-state index in [2.05, 4.69) is 32.1 Å². The summed E-state index contributed by atoms with van der Waals surface area (Å²) in [4.78, 5) is 17.9. The van der Waals surface area contributed by atoms with Crippen LogP contribution in [0.15, 0.2) is 76.3 Å². The zero-order valence-electron chi connectivity index (χ0n) is 16.0. The molecule has 0 atom stereocenters. The van der Waals surface area contributed by atoms with E-state index in [1.807, 2.05) is 62.4 Å². The van der Waals surface area contributed by atoms with E-state index in [0.29, 0.717) is 10.7 Å². The number of carbonyl (C=O) groups excluding carboxylic acids is 1. The number of hydrazone groups is 1. The minimum Gasteiger partial charge on any atom is -0.267 e. The first-order valence-corrected chi connectivity index (χ1v) is 10.7. The molecule has 6 heteroatoms. The zero-order chi connectivity index (χ0) is 20.4. The highest BCUT2D eigenvalue weighted by Crippen LogP contribution is 2.31. The van der Waals surface area contributed by atoms with Gasteiger partial charge in [-0.3, -0.25) is 4.79 Å². The van der Waals surface area contributed by atoms with Crippen molar-refractivity contribution in [3.05, 3.63) is 93.5 Å². The molecule has 0 aliphatic carbocycles. The molecule has 144 valence electrons. The van der Waals surface area contributed by atoms with Crippen LogP contribution in [0.5, 0.6) is 0 Å². The molecule has 4 aromatic rings. The Hall–Kier alpha value is -2.83. The number of amides is 1. The van der Waals surface area contributed by atoms with E-state index in [4.69, 9.17) is 0 Å². The highest BCUT2D eigenvalue weighted by atomic mass is 79.9. The lowest BCUT2D eigenvalue weighted by molar-refractivity contribution is 0.0988. The van der Waals surface area contributed by atoms with Gasteiger partial charge in [-0.25, -0.2) is 4.98 Å². The molecule has 1 heterocycles. The largest absolute Gasteiger partial charge is 0.280 e. The fourth-order valence-electron chi connectivity index (χ4n) is 2.82. The Morgan fingerprint density at radius 2 is 1.79 bits per heavy atom. The summed E-state index contributed by atoms with van der Waals surface area (Å²) in [5.41, 5.74) is 4.63. The minimum atomic E-state index is -0.231. The van der Waals surface area contributed by atoms with Crippen molar-refractivity contribution in [2.45, 2.75) is 13.8 Å². The summed E-state index contributed by atoms with van der Waals surface area (Å²) in [5, 5.41) is 6.43. The van der Waals surface area contributed by atoms with E-state index in [1.165, 1.54) is 21.9 Å². The SMILES string of the molecule is Cc1ccc(/C=N/N(C(=O)c2cccc(Br)c2)c2nc3ccc(C)cc3s2)cc1. The molecule has 4 rings (SSSR count). The molecule has 29 heavy (non-hydrogen) atoms. The second kappa shape index (κ2) is 8.27. The Bertz CT molecular complexity index is 1210. The molecule has 0 unspecified atom stereocenters. The number of aromatic nitrogens is 1. The van der Waals surface area contributed by atoms with Gasteiger partial charge in [-0.05, 0) is 55.3 Å². The van der Waals surface area contributed by atoms with Crippen molar-refractivity contribution in [2.75, 3.05) is 5.01 Å². The highest BCUT2D eigenvalue weighted by molar-refractivity contribution is 9.10. The molecule has 0 saturated carbocycles. The molecule has 0 N–H and O–H groups in total. The average molecular weight is 464 g/mol. The molecule has 0 fully saturated rings. The Kier molecular flexibility index (Phi) is 5.56. The van der Waals surface area contributed by atoms with Crippen LogP contribution in [0.4, 0.5) is 5.13 Å².